The van der Waals surface area contributed by atoms with E-state index < -0.39 is 0 Å². The van der Waals surface area contributed by atoms with Crippen LogP contribution in [0.25, 0.3) is 10.9 Å². The van der Waals surface area contributed by atoms with Crippen molar-refractivity contribution in [2.24, 2.45) is 0 Å². The number of ether oxygens (including phenoxy) is 2. The molecule has 1 aromatic carbocycles. The van der Waals surface area contributed by atoms with Crippen molar-refractivity contribution in [3.8, 4) is 11.5 Å². The Morgan fingerprint density at radius 3 is 2.52 bits per heavy atom. The molecule has 0 bridgehead atoms. The molecule has 218 valence electrons. The topological polar surface area (TPSA) is 135 Å². The van der Waals surface area contributed by atoms with Crippen molar-refractivity contribution in [1.29, 1.82) is 0 Å². The summed E-state index contributed by atoms with van der Waals surface area (Å²) in [6.45, 7) is 6.06. The Labute approximate surface area is 236 Å². The quantitative estimate of drug-likeness (QED) is 0.189. The van der Waals surface area contributed by atoms with Crippen molar-refractivity contribution in [2.45, 2.75) is 70.1 Å². The fourth-order valence-corrected chi connectivity index (χ4v) is 5.49. The Morgan fingerprint density at radius 1 is 0.925 bits per heavy atom. The molecule has 3 heterocycles. The van der Waals surface area contributed by atoms with Crippen LogP contribution in [0.2, 0.25) is 0 Å². The number of hydrogen-bond acceptors (Lipinski definition) is 11. The molecule has 1 saturated heterocycles. The average Bonchev–Trinajstić information content (AvgIpc) is 3.46. The molecule has 0 amide bonds. The molecule has 12 heteroatoms. The maximum atomic E-state index is 5.54. The highest BCUT2D eigenvalue weighted by Gasteiger charge is 2.18. The van der Waals surface area contributed by atoms with Gasteiger partial charge in [-0.05, 0) is 44.8 Å². The summed E-state index contributed by atoms with van der Waals surface area (Å²) in [6, 6.07) is 4.88. The Hall–Kier alpha value is -3.22. The van der Waals surface area contributed by atoms with Gasteiger partial charge in [-0.2, -0.15) is 4.98 Å². The zero-order valence-corrected chi connectivity index (χ0v) is 23.8. The zero-order valence-electron chi connectivity index (χ0n) is 23.8. The summed E-state index contributed by atoms with van der Waals surface area (Å²) < 4.78 is 12.9. The number of fused-ring (bicyclic) bond motifs is 1. The second-order valence-corrected chi connectivity index (χ2v) is 10.7. The number of aromatic nitrogens is 5. The normalized spacial score (nSPS) is 16.8. The molecule has 40 heavy (non-hydrogen) atoms. The maximum Gasteiger partial charge on any atom is 0.225 e. The van der Waals surface area contributed by atoms with E-state index in [1.807, 2.05) is 23.0 Å². The van der Waals surface area contributed by atoms with Gasteiger partial charge in [-0.15, -0.1) is 5.10 Å². The van der Waals surface area contributed by atoms with E-state index in [9.17, 15) is 0 Å². The minimum Gasteiger partial charge on any atom is -0.493 e. The van der Waals surface area contributed by atoms with E-state index in [4.69, 9.17) is 19.4 Å². The zero-order chi connectivity index (χ0) is 27.6. The Kier molecular flexibility index (Phi) is 10.2. The third-order valence-electron chi connectivity index (χ3n) is 7.75. The summed E-state index contributed by atoms with van der Waals surface area (Å²) in [5.74, 6) is 2.60. The average molecular weight is 553 g/mol. The maximum absolute atomic E-state index is 5.54. The minimum absolute atomic E-state index is 0.344. The van der Waals surface area contributed by atoms with Crippen molar-refractivity contribution in [2.75, 3.05) is 57.6 Å². The predicted octanol–water partition coefficient (Wildman–Crippen LogP) is 2.53. The molecule has 1 aliphatic heterocycles. The third-order valence-corrected chi connectivity index (χ3v) is 7.75. The summed E-state index contributed by atoms with van der Waals surface area (Å²) in [7, 11) is 3.27. The van der Waals surface area contributed by atoms with Gasteiger partial charge in [0.1, 0.15) is 11.5 Å². The highest BCUT2D eigenvalue weighted by atomic mass is 16.5. The molecular formula is C28H44N10O2. The summed E-state index contributed by atoms with van der Waals surface area (Å²) in [5, 5.41) is 27.1. The van der Waals surface area contributed by atoms with Gasteiger partial charge in [-0.25, -0.2) is 4.98 Å². The monoisotopic (exact) mass is 552 g/mol. The van der Waals surface area contributed by atoms with Gasteiger partial charge in [-0.1, -0.05) is 24.5 Å². The van der Waals surface area contributed by atoms with E-state index in [0.717, 1.165) is 74.5 Å². The lowest BCUT2D eigenvalue weighted by Crippen LogP contribution is -2.37. The fraction of sp³-hybridized carbons (Fsp3) is 0.643. The summed E-state index contributed by atoms with van der Waals surface area (Å²) in [4.78, 5) is 9.60. The number of nitrogens with zero attached hydrogens (tertiary/aromatic N) is 5. The van der Waals surface area contributed by atoms with E-state index in [1.54, 1.807) is 14.2 Å². The number of rotatable bonds is 14. The van der Waals surface area contributed by atoms with Crippen LogP contribution in [0.15, 0.2) is 18.3 Å². The van der Waals surface area contributed by atoms with Crippen LogP contribution >= 0.6 is 0 Å². The number of nitrogens with one attached hydrogen (secondary N) is 5. The SMILES string of the molecule is COc1cc2nc(NCc3cn(CCNCCNC4CCCCC4)nn3)nc(NC3CCNCC3)c2cc1OC. The van der Waals surface area contributed by atoms with Crippen LogP contribution in [0, 0.1) is 0 Å². The molecule has 2 aliphatic rings. The van der Waals surface area contributed by atoms with Crippen LogP contribution in [0.4, 0.5) is 11.8 Å². The van der Waals surface area contributed by atoms with Crippen LogP contribution in [0.5, 0.6) is 11.5 Å². The smallest absolute Gasteiger partial charge is 0.225 e. The predicted molar refractivity (Wildman–Crippen MR) is 157 cm³/mol. The molecule has 1 aliphatic carbocycles. The first-order valence-electron chi connectivity index (χ1n) is 14.7. The lowest BCUT2D eigenvalue weighted by molar-refractivity contribution is 0.356. The Morgan fingerprint density at radius 2 is 1.73 bits per heavy atom. The van der Waals surface area contributed by atoms with Crippen LogP contribution in [0.3, 0.4) is 0 Å². The van der Waals surface area contributed by atoms with Crippen molar-refractivity contribution >= 4 is 22.7 Å². The molecule has 0 radical (unpaired) electrons. The van der Waals surface area contributed by atoms with Gasteiger partial charge in [0.05, 0.1) is 39.0 Å². The molecule has 12 nitrogen and oxygen atoms in total. The second kappa shape index (κ2) is 14.4. The molecule has 2 fully saturated rings. The molecule has 5 N–H and O–H groups in total. The Balaban J connectivity index is 1.16. The molecule has 5 rings (SSSR count). The van der Waals surface area contributed by atoms with Crippen molar-refractivity contribution in [3.05, 3.63) is 24.0 Å². The summed E-state index contributed by atoms with van der Waals surface area (Å²) in [6.07, 6.45) is 10.8. The van der Waals surface area contributed by atoms with Crippen LogP contribution in [0.1, 0.15) is 50.6 Å². The molecule has 3 aromatic rings. The molecule has 0 unspecified atom stereocenters. The first kappa shape index (κ1) is 28.3. The van der Waals surface area contributed by atoms with Gasteiger partial charge in [-0.3, -0.25) is 4.68 Å². The van der Waals surface area contributed by atoms with E-state index >= 15 is 0 Å². The van der Waals surface area contributed by atoms with Gasteiger partial charge in [0.2, 0.25) is 5.95 Å². The lowest BCUT2D eigenvalue weighted by atomic mass is 9.95. The number of piperidine rings is 1. The summed E-state index contributed by atoms with van der Waals surface area (Å²) >= 11 is 0. The van der Waals surface area contributed by atoms with E-state index in [-0.39, 0.29) is 0 Å². The highest BCUT2D eigenvalue weighted by molar-refractivity contribution is 5.92. The van der Waals surface area contributed by atoms with Gasteiger partial charge in [0.25, 0.3) is 0 Å². The highest BCUT2D eigenvalue weighted by Crippen LogP contribution is 2.35. The minimum atomic E-state index is 0.344. The standard InChI is InChI=1S/C28H44N10O2/c1-39-25-16-23-24(17-26(25)40-2)34-28(35-27(23)33-21-8-10-29-11-9-21)32-18-22-19-38(37-36-22)15-14-30-12-13-31-20-6-4-3-5-7-20/h16-17,19-21,29-31H,3-15,18H2,1-2H3,(H2,32,33,34,35). The van der Waals surface area contributed by atoms with E-state index in [0.29, 0.717) is 36.1 Å². The third kappa shape index (κ3) is 7.70. The van der Waals surface area contributed by atoms with Gasteiger partial charge >= 0.3 is 0 Å². The van der Waals surface area contributed by atoms with E-state index in [2.05, 4.69) is 36.9 Å². The van der Waals surface area contributed by atoms with Crippen LogP contribution in [-0.2, 0) is 13.1 Å². The van der Waals surface area contributed by atoms with Crippen molar-refractivity contribution < 1.29 is 9.47 Å². The number of hydrogen-bond donors (Lipinski definition) is 5. The Bertz CT molecular complexity index is 1210. The van der Waals surface area contributed by atoms with Gasteiger partial charge < -0.3 is 36.1 Å². The van der Waals surface area contributed by atoms with Crippen LogP contribution in [-0.4, -0.2) is 84.0 Å². The fourth-order valence-electron chi connectivity index (χ4n) is 5.49. The van der Waals surface area contributed by atoms with Crippen LogP contribution < -0.4 is 36.1 Å². The van der Waals surface area contributed by atoms with E-state index in [1.165, 1.54) is 32.1 Å². The van der Waals surface area contributed by atoms with Crippen molar-refractivity contribution in [1.82, 2.24) is 40.9 Å². The molecule has 2 aromatic heterocycles. The number of anilines is 2. The van der Waals surface area contributed by atoms with Crippen molar-refractivity contribution in [3.63, 3.8) is 0 Å². The largest absolute Gasteiger partial charge is 0.493 e. The molecular weight excluding hydrogens is 508 g/mol. The summed E-state index contributed by atoms with van der Waals surface area (Å²) in [5.41, 5.74) is 1.61. The lowest BCUT2D eigenvalue weighted by Gasteiger charge is -2.25. The molecule has 0 spiro atoms. The second-order valence-electron chi connectivity index (χ2n) is 10.7. The van der Waals surface area contributed by atoms with Gasteiger partial charge in [0.15, 0.2) is 11.5 Å². The number of methoxy groups -OCH3 is 2. The first-order valence-corrected chi connectivity index (χ1v) is 14.7. The first-order chi connectivity index (χ1) is 19.7. The number of benzene rings is 1. The molecule has 0 atom stereocenters. The molecule has 1 saturated carbocycles. The van der Waals surface area contributed by atoms with Gasteiger partial charge in [0, 0.05) is 43.2 Å².